The van der Waals surface area contributed by atoms with E-state index in [-0.39, 0.29) is 35.7 Å². The van der Waals surface area contributed by atoms with Crippen molar-refractivity contribution >= 4 is 16.7 Å². The minimum Gasteiger partial charge on any atom is -0.493 e. The van der Waals surface area contributed by atoms with Gasteiger partial charge in [0.05, 0.1) is 36.9 Å². The Morgan fingerprint density at radius 1 is 0.967 bits per heavy atom. The van der Waals surface area contributed by atoms with Crippen LogP contribution in [0.1, 0.15) is 123 Å². The van der Waals surface area contributed by atoms with Gasteiger partial charge < -0.3 is 34.5 Å². The Bertz CT molecular complexity index is 2050. The van der Waals surface area contributed by atoms with Crippen molar-refractivity contribution in [2.24, 2.45) is 52.3 Å². The zero-order valence-corrected chi connectivity index (χ0v) is 37.0. The number of amides is 1. The molecule has 9 rings (SSSR count). The van der Waals surface area contributed by atoms with Gasteiger partial charge in [-0.15, -0.1) is 0 Å². The Morgan fingerprint density at radius 3 is 2.57 bits per heavy atom. The average Bonchev–Trinajstić information content (AvgIpc) is 3.86. The van der Waals surface area contributed by atoms with Crippen molar-refractivity contribution < 1.29 is 38.5 Å². The zero-order valence-electron chi connectivity index (χ0n) is 37.0. The third kappa shape index (κ3) is 7.35. The van der Waals surface area contributed by atoms with Gasteiger partial charge in [0.2, 0.25) is 18.4 Å². The molecule has 3 heterocycles. The number of nitrogens with zero attached hydrogens (tertiary/aromatic N) is 1. The van der Waals surface area contributed by atoms with Gasteiger partial charge in [-0.1, -0.05) is 47.0 Å². The number of methoxy groups -OCH3 is 1. The highest BCUT2D eigenvalue weighted by Crippen LogP contribution is 2.69. The van der Waals surface area contributed by atoms with Gasteiger partial charge in [0.25, 0.3) is 0 Å². The van der Waals surface area contributed by atoms with E-state index in [0.29, 0.717) is 54.5 Å². The number of aliphatic hydroxyl groups excluding tert-OH is 2. The van der Waals surface area contributed by atoms with E-state index in [1.165, 1.54) is 42.5 Å². The molecule has 2 aliphatic heterocycles. The summed E-state index contributed by atoms with van der Waals surface area (Å²) >= 11 is 0. The number of fused-ring (bicyclic) bond motifs is 10. The maximum absolute atomic E-state index is 13.1. The second kappa shape index (κ2) is 17.0. The van der Waals surface area contributed by atoms with Crippen LogP contribution < -0.4 is 28.8 Å². The van der Waals surface area contributed by atoms with E-state index >= 15 is 0 Å². The fourth-order valence-electron chi connectivity index (χ4n) is 14.3. The predicted molar refractivity (Wildman–Crippen MR) is 233 cm³/mol. The normalized spacial score (nSPS) is 32.9. The number of aromatic nitrogens is 1. The average molecular weight is 824 g/mol. The third-order valence-electron chi connectivity index (χ3n) is 17.4. The maximum atomic E-state index is 13.1. The fraction of sp³-hybridized carbons (Fsp3) is 0.686. The van der Waals surface area contributed by atoms with Crippen LogP contribution in [0.2, 0.25) is 0 Å². The number of carbonyl (C=O) groups excluding carboxylic acids is 1. The van der Waals surface area contributed by atoms with E-state index in [1.54, 1.807) is 7.11 Å². The molecular formula is C51H71N2O7+. The molecule has 60 heavy (non-hydrogen) atoms. The van der Waals surface area contributed by atoms with Crippen LogP contribution >= 0.6 is 0 Å². The zero-order chi connectivity index (χ0) is 41.8. The Balaban J connectivity index is 0.720. The Hall–Kier alpha value is -3.56. The molecule has 6 aliphatic rings. The van der Waals surface area contributed by atoms with Crippen molar-refractivity contribution in [3.8, 4) is 34.3 Å². The smallest absolute Gasteiger partial charge is 0.231 e. The summed E-state index contributed by atoms with van der Waals surface area (Å²) in [6.07, 6.45) is 16.9. The molecule has 11 atom stereocenters. The molecule has 0 radical (unpaired) electrons. The van der Waals surface area contributed by atoms with Crippen molar-refractivity contribution in [2.45, 2.75) is 143 Å². The minimum absolute atomic E-state index is 0.179. The lowest BCUT2D eigenvalue weighted by Gasteiger charge is -2.64. The number of nitrogens with one attached hydrogen (secondary N) is 1. The molecule has 0 spiro atoms. The molecule has 1 aromatic heterocycles. The predicted octanol–water partition coefficient (Wildman–Crippen LogP) is 9.19. The molecule has 0 bridgehead atoms. The number of rotatable bonds is 14. The van der Waals surface area contributed by atoms with Gasteiger partial charge in [-0.3, -0.25) is 4.79 Å². The summed E-state index contributed by atoms with van der Waals surface area (Å²) in [5.41, 5.74) is 4.10. The summed E-state index contributed by atoms with van der Waals surface area (Å²) in [5, 5.41) is 28.1. The summed E-state index contributed by atoms with van der Waals surface area (Å²) in [7, 11) is 1.70. The molecule has 2 aromatic carbocycles. The SMILES string of the molecule is CCC1C2C[C@@H](O)CC[C@]2(C)[C@H]2CC[C@]3(C)[C@@H]([C@H](C)CCC(=O)NCCCCCCOc4c(OC)ccc5cc6[n+](cc45)CCc4cc5c(cc4-6)OCO5)CC[C@H]3[C@@H]2[C@H]1O. The molecule has 3 aromatic rings. The number of ether oxygens (including phenoxy) is 4. The number of hydrogen-bond donors (Lipinski definition) is 3. The first-order valence-corrected chi connectivity index (χ1v) is 23.8. The van der Waals surface area contributed by atoms with Crippen LogP contribution in [0.25, 0.3) is 22.0 Å². The van der Waals surface area contributed by atoms with E-state index in [1.807, 2.05) is 6.07 Å². The lowest BCUT2D eigenvalue weighted by molar-refractivity contribution is -0.686. The molecule has 9 heteroatoms. The Kier molecular flexibility index (Phi) is 11.8. The van der Waals surface area contributed by atoms with Gasteiger partial charge in [0.15, 0.2) is 35.7 Å². The summed E-state index contributed by atoms with van der Waals surface area (Å²) in [6.45, 7) is 12.2. The van der Waals surface area contributed by atoms with Crippen LogP contribution in [-0.4, -0.2) is 55.4 Å². The van der Waals surface area contributed by atoms with Crippen LogP contribution in [0.4, 0.5) is 0 Å². The lowest BCUT2D eigenvalue weighted by Crippen LogP contribution is -2.62. The van der Waals surface area contributed by atoms with Crippen molar-refractivity contribution in [1.82, 2.24) is 5.32 Å². The monoisotopic (exact) mass is 824 g/mol. The summed E-state index contributed by atoms with van der Waals surface area (Å²) in [4.78, 5) is 13.1. The van der Waals surface area contributed by atoms with Crippen molar-refractivity contribution in [1.29, 1.82) is 0 Å². The Labute approximate surface area is 357 Å². The van der Waals surface area contributed by atoms with Gasteiger partial charge in [0.1, 0.15) is 0 Å². The molecule has 3 N–H and O–H groups in total. The van der Waals surface area contributed by atoms with E-state index < -0.39 is 0 Å². The second-order valence-corrected chi connectivity index (χ2v) is 20.3. The van der Waals surface area contributed by atoms with Crippen LogP contribution in [0.15, 0.2) is 36.5 Å². The van der Waals surface area contributed by atoms with E-state index in [0.717, 1.165) is 111 Å². The molecule has 4 aliphatic carbocycles. The number of unbranched alkanes of at least 4 members (excludes halogenated alkanes) is 3. The first-order chi connectivity index (χ1) is 29.0. The molecule has 9 nitrogen and oxygen atoms in total. The van der Waals surface area contributed by atoms with Gasteiger partial charge in [-0.25, -0.2) is 0 Å². The highest BCUT2D eigenvalue weighted by molar-refractivity contribution is 5.91. The molecular weight excluding hydrogens is 753 g/mol. The topological polar surface area (TPSA) is 110 Å². The number of aliphatic hydroxyl groups is 2. The largest absolute Gasteiger partial charge is 0.493 e. The fourth-order valence-corrected chi connectivity index (χ4v) is 14.3. The molecule has 326 valence electrons. The standard InChI is InChI=1S/C51H70N2O7/c1-6-35-41-27-34(54)17-20-51(41,4)40-18-21-50(3)38(13-14-39(50)47(40)48(35)56)31(2)11-16-46(55)52-22-9-7-8-10-24-58-49-37-29-53-23-19-33-26-44-45(60-30-59-44)28-36(33)42(53)25-32(37)12-15-43(49)57-5/h12,15,25-26,28-29,31,34-35,38-41,47-48,54,56H,6-11,13-14,16-24,27,30H2,1-5H3/p+1/t31-,34+,35?,38-,39+,40+,41?,47+,48+,50-,51-/m1/s1. The van der Waals surface area contributed by atoms with Gasteiger partial charge in [0, 0.05) is 25.5 Å². The van der Waals surface area contributed by atoms with Crippen LogP contribution in [0.5, 0.6) is 23.0 Å². The summed E-state index contributed by atoms with van der Waals surface area (Å²) in [5.74, 6) is 6.67. The van der Waals surface area contributed by atoms with Gasteiger partial charge in [-0.2, -0.15) is 4.57 Å². The summed E-state index contributed by atoms with van der Waals surface area (Å²) in [6, 6.07) is 10.6. The van der Waals surface area contributed by atoms with Crippen molar-refractivity contribution in [2.75, 3.05) is 27.1 Å². The number of benzene rings is 2. The van der Waals surface area contributed by atoms with Crippen LogP contribution in [0.3, 0.4) is 0 Å². The lowest BCUT2D eigenvalue weighted by atomic mass is 9.41. The van der Waals surface area contributed by atoms with Crippen LogP contribution in [0, 0.1) is 52.3 Å². The molecule has 4 saturated carbocycles. The van der Waals surface area contributed by atoms with E-state index in [9.17, 15) is 15.0 Å². The highest BCUT2D eigenvalue weighted by atomic mass is 16.7. The summed E-state index contributed by atoms with van der Waals surface area (Å²) < 4.78 is 25.9. The molecule has 2 unspecified atom stereocenters. The van der Waals surface area contributed by atoms with Gasteiger partial charge in [-0.05, 0) is 152 Å². The number of aryl methyl sites for hydroxylation is 2. The second-order valence-electron chi connectivity index (χ2n) is 20.3. The first kappa shape index (κ1) is 41.8. The third-order valence-corrected chi connectivity index (χ3v) is 17.4. The van der Waals surface area contributed by atoms with E-state index in [2.05, 4.69) is 68.0 Å². The number of hydrogen-bond acceptors (Lipinski definition) is 7. The first-order valence-electron chi connectivity index (χ1n) is 23.8. The molecule has 1 amide bonds. The number of pyridine rings is 1. The van der Waals surface area contributed by atoms with Crippen molar-refractivity contribution in [3.63, 3.8) is 0 Å². The quantitative estimate of drug-likeness (QED) is 0.110. The maximum Gasteiger partial charge on any atom is 0.231 e. The van der Waals surface area contributed by atoms with E-state index in [4.69, 9.17) is 18.9 Å². The van der Waals surface area contributed by atoms with Gasteiger partial charge >= 0.3 is 0 Å². The molecule has 4 fully saturated rings. The van der Waals surface area contributed by atoms with Crippen molar-refractivity contribution in [3.05, 3.63) is 42.1 Å². The minimum atomic E-state index is -0.258. The Morgan fingerprint density at radius 2 is 1.75 bits per heavy atom. The molecule has 0 saturated heterocycles. The highest BCUT2D eigenvalue weighted by Gasteiger charge is 2.64. The van der Waals surface area contributed by atoms with Crippen LogP contribution in [-0.2, 0) is 17.8 Å². The number of carbonyl (C=O) groups is 1.